The molecule has 2 fully saturated rings. The van der Waals surface area contributed by atoms with Gasteiger partial charge in [0, 0.05) is 18.5 Å². The van der Waals surface area contributed by atoms with E-state index < -0.39 is 0 Å². The van der Waals surface area contributed by atoms with Crippen LogP contribution in [-0.4, -0.2) is 35.8 Å². The Morgan fingerprint density at radius 3 is 2.71 bits per heavy atom. The summed E-state index contributed by atoms with van der Waals surface area (Å²) in [6.45, 7) is 9.29. The van der Waals surface area contributed by atoms with Crippen LogP contribution in [0.1, 0.15) is 26.7 Å². The van der Waals surface area contributed by atoms with Crippen LogP contribution in [0.5, 0.6) is 0 Å². The van der Waals surface area contributed by atoms with Gasteiger partial charge in [0.05, 0.1) is 6.04 Å². The SMILES string of the molecule is C=CC(=O)N1CC(C)(C)C1C(N)=NCC1CC1. The van der Waals surface area contributed by atoms with Gasteiger partial charge in [-0.25, -0.2) is 0 Å². The maximum atomic E-state index is 11.6. The largest absolute Gasteiger partial charge is 0.386 e. The van der Waals surface area contributed by atoms with E-state index in [1.807, 2.05) is 0 Å². The predicted molar refractivity (Wildman–Crippen MR) is 68.7 cm³/mol. The topological polar surface area (TPSA) is 58.7 Å². The van der Waals surface area contributed by atoms with Gasteiger partial charge in [0.15, 0.2) is 0 Å². The summed E-state index contributed by atoms with van der Waals surface area (Å²) < 4.78 is 0. The van der Waals surface area contributed by atoms with Crippen molar-refractivity contribution in [3.63, 3.8) is 0 Å². The van der Waals surface area contributed by atoms with Crippen molar-refractivity contribution >= 4 is 11.7 Å². The number of likely N-dealkylation sites (tertiary alicyclic amines) is 1. The van der Waals surface area contributed by atoms with E-state index in [1.165, 1.54) is 18.9 Å². The van der Waals surface area contributed by atoms with E-state index in [2.05, 4.69) is 25.4 Å². The molecule has 1 atom stereocenters. The molecule has 0 bridgehead atoms. The van der Waals surface area contributed by atoms with E-state index in [0.29, 0.717) is 5.84 Å². The smallest absolute Gasteiger partial charge is 0.246 e. The monoisotopic (exact) mass is 235 g/mol. The van der Waals surface area contributed by atoms with Gasteiger partial charge in [-0.1, -0.05) is 20.4 Å². The molecular weight excluding hydrogens is 214 g/mol. The highest BCUT2D eigenvalue weighted by molar-refractivity contribution is 5.96. The number of rotatable bonds is 4. The first-order valence-electron chi connectivity index (χ1n) is 6.18. The summed E-state index contributed by atoms with van der Waals surface area (Å²) in [5, 5.41) is 0. The maximum absolute atomic E-state index is 11.6. The van der Waals surface area contributed by atoms with Crippen molar-refractivity contribution < 1.29 is 4.79 Å². The zero-order valence-corrected chi connectivity index (χ0v) is 10.6. The zero-order valence-electron chi connectivity index (χ0n) is 10.6. The lowest BCUT2D eigenvalue weighted by atomic mass is 9.74. The Kier molecular flexibility index (Phi) is 2.98. The lowest BCUT2D eigenvalue weighted by Crippen LogP contribution is -2.68. The lowest BCUT2D eigenvalue weighted by Gasteiger charge is -2.53. The van der Waals surface area contributed by atoms with Crippen molar-refractivity contribution in [2.75, 3.05) is 13.1 Å². The minimum absolute atomic E-state index is 0.0236. The third-order valence-corrected chi connectivity index (χ3v) is 3.60. The van der Waals surface area contributed by atoms with E-state index in [0.717, 1.165) is 19.0 Å². The second-order valence-electron chi connectivity index (χ2n) is 5.77. The van der Waals surface area contributed by atoms with Crippen molar-refractivity contribution in [1.82, 2.24) is 4.90 Å². The number of aliphatic imine (C=N–C) groups is 1. The van der Waals surface area contributed by atoms with Crippen molar-refractivity contribution in [3.8, 4) is 0 Å². The number of amidine groups is 1. The van der Waals surface area contributed by atoms with Crippen LogP contribution in [0.3, 0.4) is 0 Å². The molecule has 1 heterocycles. The third kappa shape index (κ3) is 2.35. The molecule has 0 aromatic carbocycles. The number of carbonyl (C=O) groups is 1. The Morgan fingerprint density at radius 1 is 1.59 bits per heavy atom. The highest BCUT2D eigenvalue weighted by Crippen LogP contribution is 2.37. The molecular formula is C13H21N3O. The third-order valence-electron chi connectivity index (χ3n) is 3.60. The lowest BCUT2D eigenvalue weighted by molar-refractivity contribution is -0.140. The molecule has 1 aliphatic heterocycles. The van der Waals surface area contributed by atoms with Crippen LogP contribution < -0.4 is 5.73 Å². The highest BCUT2D eigenvalue weighted by Gasteiger charge is 2.49. The molecule has 17 heavy (non-hydrogen) atoms. The normalized spacial score (nSPS) is 27.5. The first kappa shape index (κ1) is 12.1. The quantitative estimate of drug-likeness (QED) is 0.452. The number of hydrogen-bond acceptors (Lipinski definition) is 2. The minimum Gasteiger partial charge on any atom is -0.386 e. The summed E-state index contributed by atoms with van der Waals surface area (Å²) in [6, 6.07) is -0.0632. The molecule has 94 valence electrons. The molecule has 1 aliphatic carbocycles. The Labute approximate surface area is 103 Å². The van der Waals surface area contributed by atoms with Gasteiger partial charge in [0.25, 0.3) is 0 Å². The summed E-state index contributed by atoms with van der Waals surface area (Å²) in [5.74, 6) is 1.27. The predicted octanol–water partition coefficient (Wildman–Crippen LogP) is 1.18. The van der Waals surface area contributed by atoms with E-state index in [4.69, 9.17) is 5.73 Å². The van der Waals surface area contributed by atoms with Gasteiger partial charge in [-0.2, -0.15) is 0 Å². The van der Waals surface area contributed by atoms with E-state index >= 15 is 0 Å². The van der Waals surface area contributed by atoms with Crippen LogP contribution in [0.2, 0.25) is 0 Å². The fraction of sp³-hybridized carbons (Fsp3) is 0.692. The van der Waals surface area contributed by atoms with Crippen LogP contribution in [0, 0.1) is 11.3 Å². The fourth-order valence-corrected chi connectivity index (χ4v) is 2.43. The molecule has 1 amide bonds. The number of nitrogens with two attached hydrogens (primary N) is 1. The average Bonchev–Trinajstić information content (AvgIpc) is 3.06. The second kappa shape index (κ2) is 4.17. The van der Waals surface area contributed by atoms with Gasteiger partial charge in [-0.15, -0.1) is 0 Å². The first-order valence-corrected chi connectivity index (χ1v) is 6.18. The molecule has 4 nitrogen and oxygen atoms in total. The number of amides is 1. The molecule has 0 aromatic heterocycles. The second-order valence-corrected chi connectivity index (χ2v) is 5.77. The van der Waals surface area contributed by atoms with Gasteiger partial charge in [-0.05, 0) is 24.8 Å². The number of hydrogen-bond donors (Lipinski definition) is 1. The summed E-state index contributed by atoms with van der Waals surface area (Å²) >= 11 is 0. The molecule has 0 aromatic rings. The molecule has 2 N–H and O–H groups in total. The zero-order chi connectivity index (χ0) is 12.6. The molecule has 1 saturated carbocycles. The molecule has 0 radical (unpaired) electrons. The fourth-order valence-electron chi connectivity index (χ4n) is 2.43. The van der Waals surface area contributed by atoms with Gasteiger partial charge < -0.3 is 10.6 Å². The Bertz CT molecular complexity index is 369. The maximum Gasteiger partial charge on any atom is 0.246 e. The summed E-state index contributed by atoms with van der Waals surface area (Å²) in [4.78, 5) is 17.8. The van der Waals surface area contributed by atoms with Crippen molar-refractivity contribution in [2.24, 2.45) is 22.1 Å². The minimum atomic E-state index is -0.0632. The van der Waals surface area contributed by atoms with Gasteiger partial charge in [0.1, 0.15) is 5.84 Å². The Morgan fingerprint density at radius 2 is 2.24 bits per heavy atom. The number of nitrogens with zero attached hydrogens (tertiary/aromatic N) is 2. The summed E-state index contributed by atoms with van der Waals surface area (Å²) in [5.41, 5.74) is 6.06. The van der Waals surface area contributed by atoms with Crippen LogP contribution in [0.25, 0.3) is 0 Å². The molecule has 1 saturated heterocycles. The van der Waals surface area contributed by atoms with Gasteiger partial charge in [0.2, 0.25) is 5.91 Å². The van der Waals surface area contributed by atoms with Gasteiger partial charge in [-0.3, -0.25) is 9.79 Å². The summed E-state index contributed by atoms with van der Waals surface area (Å²) in [7, 11) is 0. The first-order chi connectivity index (χ1) is 7.95. The Hall–Kier alpha value is -1.32. The van der Waals surface area contributed by atoms with Gasteiger partial charge >= 0.3 is 0 Å². The van der Waals surface area contributed by atoms with Crippen LogP contribution in [0.15, 0.2) is 17.6 Å². The van der Waals surface area contributed by atoms with E-state index in [1.54, 1.807) is 4.90 Å². The highest BCUT2D eigenvalue weighted by atomic mass is 16.2. The Balaban J connectivity index is 2.05. The summed E-state index contributed by atoms with van der Waals surface area (Å²) in [6.07, 6.45) is 3.87. The molecule has 1 unspecified atom stereocenters. The van der Waals surface area contributed by atoms with Crippen molar-refractivity contribution in [1.29, 1.82) is 0 Å². The number of carbonyl (C=O) groups excluding carboxylic acids is 1. The van der Waals surface area contributed by atoms with Crippen LogP contribution >= 0.6 is 0 Å². The van der Waals surface area contributed by atoms with E-state index in [-0.39, 0.29) is 17.4 Å². The van der Waals surface area contributed by atoms with Crippen molar-refractivity contribution in [3.05, 3.63) is 12.7 Å². The molecule has 2 aliphatic rings. The average molecular weight is 235 g/mol. The van der Waals surface area contributed by atoms with E-state index in [9.17, 15) is 4.79 Å². The molecule has 0 spiro atoms. The van der Waals surface area contributed by atoms with Crippen molar-refractivity contribution in [2.45, 2.75) is 32.7 Å². The molecule has 2 rings (SSSR count). The molecule has 4 heteroatoms. The van der Waals surface area contributed by atoms with Crippen LogP contribution in [-0.2, 0) is 4.79 Å². The van der Waals surface area contributed by atoms with Crippen LogP contribution in [0.4, 0.5) is 0 Å². The standard InChI is InChI=1S/C13H21N3O/c1-4-10(17)16-8-13(2,3)11(16)12(14)15-7-9-5-6-9/h4,9,11H,1,5-8H2,2-3H3,(H2,14,15).